The molecule has 0 heterocycles. The number of allylic oxidation sites excluding steroid dienone is 2. The van der Waals surface area contributed by atoms with Gasteiger partial charge in [0.05, 0.1) is 6.07 Å². The van der Waals surface area contributed by atoms with Gasteiger partial charge in [0.25, 0.3) is 0 Å². The van der Waals surface area contributed by atoms with Crippen LogP contribution in [0.2, 0.25) is 0 Å². The minimum Gasteiger partial charge on any atom is -0.457 e. The maximum Gasteiger partial charge on any atom is 0.334 e. The molecule has 0 saturated heterocycles. The summed E-state index contributed by atoms with van der Waals surface area (Å²) in [6.45, 7) is 3.84. The summed E-state index contributed by atoms with van der Waals surface area (Å²) in [7, 11) is 0. The summed E-state index contributed by atoms with van der Waals surface area (Å²) in [6.07, 6.45) is 3.23. The molecule has 17 heavy (non-hydrogen) atoms. The first-order valence-corrected chi connectivity index (χ1v) is 5.17. The Morgan fingerprint density at radius 3 is 2.76 bits per heavy atom. The summed E-state index contributed by atoms with van der Waals surface area (Å²) in [4.78, 5) is 11.5. The minimum atomic E-state index is -0.434. The number of rotatable bonds is 5. The first-order valence-electron chi connectivity index (χ1n) is 5.17. The predicted molar refractivity (Wildman–Crippen MR) is 64.7 cm³/mol. The van der Waals surface area contributed by atoms with Gasteiger partial charge in [-0.05, 0) is 12.0 Å². The quantitative estimate of drug-likeness (QED) is 0.441. The lowest BCUT2D eigenvalue weighted by Gasteiger charge is -2.05. The van der Waals surface area contributed by atoms with Gasteiger partial charge < -0.3 is 4.74 Å². The van der Waals surface area contributed by atoms with E-state index in [1.807, 2.05) is 36.4 Å². The summed E-state index contributed by atoms with van der Waals surface area (Å²) >= 11 is 0. The average molecular weight is 227 g/mol. The molecule has 0 aliphatic carbocycles. The zero-order chi connectivity index (χ0) is 12.5. The Bertz CT molecular complexity index is 455. The van der Waals surface area contributed by atoms with E-state index < -0.39 is 5.97 Å². The molecule has 0 aromatic heterocycles. The van der Waals surface area contributed by atoms with Crippen LogP contribution in [-0.4, -0.2) is 5.97 Å². The minimum absolute atomic E-state index is 0.237. The fraction of sp³-hybridized carbons (Fsp3) is 0.143. The smallest absolute Gasteiger partial charge is 0.334 e. The van der Waals surface area contributed by atoms with Gasteiger partial charge in [-0.1, -0.05) is 43.0 Å². The van der Waals surface area contributed by atoms with E-state index in [9.17, 15) is 4.79 Å². The van der Waals surface area contributed by atoms with Crippen molar-refractivity contribution in [2.75, 3.05) is 0 Å². The lowest BCUT2D eigenvalue weighted by atomic mass is 10.2. The van der Waals surface area contributed by atoms with Crippen molar-refractivity contribution in [2.45, 2.75) is 13.0 Å². The van der Waals surface area contributed by atoms with Crippen molar-refractivity contribution in [3.8, 4) is 6.07 Å². The van der Waals surface area contributed by atoms with Crippen molar-refractivity contribution < 1.29 is 9.53 Å². The van der Waals surface area contributed by atoms with Crippen LogP contribution in [0.3, 0.4) is 0 Å². The van der Waals surface area contributed by atoms with Crippen molar-refractivity contribution in [2.24, 2.45) is 0 Å². The van der Waals surface area contributed by atoms with E-state index >= 15 is 0 Å². The molecular weight excluding hydrogens is 214 g/mol. The van der Waals surface area contributed by atoms with Gasteiger partial charge in [-0.25, -0.2) is 4.79 Å². The van der Waals surface area contributed by atoms with E-state index in [1.54, 1.807) is 6.08 Å². The highest BCUT2D eigenvalue weighted by Crippen LogP contribution is 2.06. The number of hydrogen-bond donors (Lipinski definition) is 0. The first-order chi connectivity index (χ1) is 8.24. The van der Waals surface area contributed by atoms with E-state index in [2.05, 4.69) is 6.58 Å². The molecule has 0 radical (unpaired) electrons. The molecule has 0 N–H and O–H groups in total. The van der Waals surface area contributed by atoms with Crippen LogP contribution in [0.4, 0.5) is 0 Å². The van der Waals surface area contributed by atoms with Gasteiger partial charge in [-0.2, -0.15) is 5.26 Å². The Morgan fingerprint density at radius 2 is 2.12 bits per heavy atom. The molecule has 86 valence electrons. The summed E-state index contributed by atoms with van der Waals surface area (Å²) in [5.41, 5.74) is 1.27. The number of carbonyl (C=O) groups excluding carboxylic acids is 1. The summed E-state index contributed by atoms with van der Waals surface area (Å²) in [5, 5.41) is 8.29. The molecule has 3 nitrogen and oxygen atoms in total. The molecule has 0 unspecified atom stereocenters. The zero-order valence-electron chi connectivity index (χ0n) is 9.43. The number of nitrogens with zero attached hydrogens (tertiary/aromatic N) is 1. The van der Waals surface area contributed by atoms with Gasteiger partial charge in [0.1, 0.15) is 6.61 Å². The number of ether oxygens (including phenoxy) is 1. The Kier molecular flexibility index (Phi) is 5.26. The van der Waals surface area contributed by atoms with Crippen molar-refractivity contribution in [1.29, 1.82) is 5.26 Å². The van der Waals surface area contributed by atoms with E-state index in [0.29, 0.717) is 12.0 Å². The number of hydrogen-bond acceptors (Lipinski definition) is 3. The van der Waals surface area contributed by atoms with Gasteiger partial charge in [-0.3, -0.25) is 0 Å². The zero-order valence-corrected chi connectivity index (χ0v) is 9.43. The molecule has 0 amide bonds. The topological polar surface area (TPSA) is 50.1 Å². The van der Waals surface area contributed by atoms with Crippen molar-refractivity contribution >= 4 is 5.97 Å². The highest BCUT2D eigenvalue weighted by Gasteiger charge is 2.06. The van der Waals surface area contributed by atoms with Gasteiger partial charge in [0.15, 0.2) is 0 Å². The molecule has 1 rings (SSSR count). The summed E-state index contributed by atoms with van der Waals surface area (Å²) in [6, 6.07) is 11.3. The van der Waals surface area contributed by atoms with Crippen LogP contribution < -0.4 is 0 Å². The molecule has 1 aromatic carbocycles. The lowest BCUT2D eigenvalue weighted by Crippen LogP contribution is -2.06. The normalized spacial score (nSPS) is 9.82. The van der Waals surface area contributed by atoms with Crippen LogP contribution in [0.15, 0.2) is 54.6 Å². The van der Waals surface area contributed by atoms with Crippen LogP contribution in [-0.2, 0) is 16.1 Å². The predicted octanol–water partition coefficient (Wildman–Crippen LogP) is 2.76. The highest BCUT2D eigenvalue weighted by molar-refractivity contribution is 5.87. The monoisotopic (exact) mass is 227 g/mol. The van der Waals surface area contributed by atoms with Crippen molar-refractivity contribution in [3.63, 3.8) is 0 Å². The molecule has 0 fully saturated rings. The Labute approximate surface area is 101 Å². The fourth-order valence-corrected chi connectivity index (χ4v) is 1.16. The maximum absolute atomic E-state index is 11.5. The first kappa shape index (κ1) is 12.7. The second kappa shape index (κ2) is 7.02. The third-order valence-electron chi connectivity index (χ3n) is 2.06. The van der Waals surface area contributed by atoms with Gasteiger partial charge in [0.2, 0.25) is 0 Å². The SMILES string of the molecule is C=C(CC=CC#N)C(=O)OCc1ccccc1. The molecular formula is C14H13NO2. The van der Waals surface area contributed by atoms with Crippen LogP contribution >= 0.6 is 0 Å². The molecule has 0 aliphatic rings. The average Bonchev–Trinajstić information content (AvgIpc) is 2.37. The van der Waals surface area contributed by atoms with E-state index in [4.69, 9.17) is 10.00 Å². The molecule has 0 bridgehead atoms. The Hall–Kier alpha value is -2.34. The van der Waals surface area contributed by atoms with E-state index in [0.717, 1.165) is 5.56 Å². The lowest BCUT2D eigenvalue weighted by molar-refractivity contribution is -0.140. The number of carbonyl (C=O) groups is 1. The molecule has 0 spiro atoms. The summed E-state index contributed by atoms with van der Waals surface area (Å²) < 4.78 is 5.07. The van der Waals surface area contributed by atoms with Crippen molar-refractivity contribution in [3.05, 3.63) is 60.2 Å². The number of nitriles is 1. The standard InChI is InChI=1S/C14H13NO2/c1-12(7-5-6-10-15)14(16)17-11-13-8-3-2-4-9-13/h2-6,8-9H,1,7,11H2. The second-order valence-corrected chi connectivity index (χ2v) is 3.40. The number of esters is 1. The summed E-state index contributed by atoms with van der Waals surface area (Å²) in [5.74, 6) is -0.434. The number of benzene rings is 1. The molecule has 0 saturated carbocycles. The van der Waals surface area contributed by atoms with Gasteiger partial charge >= 0.3 is 5.97 Å². The fourth-order valence-electron chi connectivity index (χ4n) is 1.16. The Morgan fingerprint density at radius 1 is 1.41 bits per heavy atom. The van der Waals surface area contributed by atoms with Crippen LogP contribution in [0.1, 0.15) is 12.0 Å². The van der Waals surface area contributed by atoms with E-state index in [1.165, 1.54) is 6.08 Å². The van der Waals surface area contributed by atoms with Crippen LogP contribution in [0, 0.1) is 11.3 Å². The van der Waals surface area contributed by atoms with Crippen LogP contribution in [0.25, 0.3) is 0 Å². The van der Waals surface area contributed by atoms with Crippen LogP contribution in [0.5, 0.6) is 0 Å². The maximum atomic E-state index is 11.5. The van der Waals surface area contributed by atoms with Gasteiger partial charge in [0, 0.05) is 11.6 Å². The van der Waals surface area contributed by atoms with Gasteiger partial charge in [-0.15, -0.1) is 0 Å². The third kappa shape index (κ3) is 4.80. The largest absolute Gasteiger partial charge is 0.457 e. The molecule has 3 heteroatoms. The third-order valence-corrected chi connectivity index (χ3v) is 2.06. The van der Waals surface area contributed by atoms with E-state index in [-0.39, 0.29) is 6.61 Å². The highest BCUT2D eigenvalue weighted by atomic mass is 16.5. The molecule has 0 atom stereocenters. The molecule has 1 aromatic rings. The Balaban J connectivity index is 2.37. The van der Waals surface area contributed by atoms with Crippen molar-refractivity contribution in [1.82, 2.24) is 0 Å². The molecule has 0 aliphatic heterocycles. The second-order valence-electron chi connectivity index (χ2n) is 3.40.